The Kier molecular flexibility index (Phi) is 6.68. The molecule has 1 fully saturated rings. The van der Waals surface area contributed by atoms with Gasteiger partial charge >= 0.3 is 6.18 Å². The molecule has 31 heavy (non-hydrogen) atoms. The van der Waals surface area contributed by atoms with Crippen LogP contribution >= 0.6 is 23.1 Å². The Bertz CT molecular complexity index is 1020. The number of hydrogen-bond acceptors (Lipinski definition) is 8. The lowest BCUT2D eigenvalue weighted by atomic mass is 10.2. The Hall–Kier alpha value is -2.31. The van der Waals surface area contributed by atoms with Gasteiger partial charge in [-0.2, -0.15) is 13.2 Å². The van der Waals surface area contributed by atoms with E-state index in [1.165, 1.54) is 23.1 Å². The minimum atomic E-state index is -4.38. The van der Waals surface area contributed by atoms with Gasteiger partial charge in [0.15, 0.2) is 5.16 Å². The van der Waals surface area contributed by atoms with Crippen molar-refractivity contribution < 1.29 is 22.6 Å². The standard InChI is InChI=1S/C19H20F3N5O2S2/c1-28-15-4-2-3-13(9-15)16-23-14(10-30-16)11-31-18-25-24-17(26-5-7-29-8-6-26)27(18)12-19(20,21)22/h2-4,9-10H,5-8,11-12H2,1H3. The normalized spacial score (nSPS) is 14.8. The molecule has 1 aromatic carbocycles. The minimum absolute atomic E-state index is 0.217. The fourth-order valence-electron chi connectivity index (χ4n) is 3.10. The van der Waals surface area contributed by atoms with Gasteiger partial charge < -0.3 is 14.4 Å². The fraction of sp³-hybridized carbons (Fsp3) is 0.421. The van der Waals surface area contributed by atoms with Crippen molar-refractivity contribution in [2.24, 2.45) is 0 Å². The molecule has 0 spiro atoms. The quantitative estimate of drug-likeness (QED) is 0.481. The van der Waals surface area contributed by atoms with E-state index in [0.29, 0.717) is 32.1 Å². The number of benzene rings is 1. The number of thiazole rings is 1. The molecule has 1 saturated heterocycles. The molecule has 3 heterocycles. The molecule has 4 rings (SSSR count). The van der Waals surface area contributed by atoms with Crippen LogP contribution in [-0.4, -0.2) is 59.3 Å². The van der Waals surface area contributed by atoms with Crippen LogP contribution in [0.25, 0.3) is 10.6 Å². The number of methoxy groups -OCH3 is 1. The maximum Gasteiger partial charge on any atom is 0.406 e. The summed E-state index contributed by atoms with van der Waals surface area (Å²) < 4.78 is 51.3. The van der Waals surface area contributed by atoms with Gasteiger partial charge in [-0.15, -0.1) is 21.5 Å². The molecular formula is C19H20F3N5O2S2. The van der Waals surface area contributed by atoms with Crippen LogP contribution in [0.3, 0.4) is 0 Å². The number of aromatic nitrogens is 4. The smallest absolute Gasteiger partial charge is 0.406 e. The maximum absolute atomic E-state index is 13.2. The highest BCUT2D eigenvalue weighted by Gasteiger charge is 2.32. The number of nitrogens with zero attached hydrogens (tertiary/aromatic N) is 5. The molecule has 2 aromatic heterocycles. The molecule has 0 amide bonds. The van der Waals surface area contributed by atoms with Gasteiger partial charge in [-0.3, -0.25) is 4.57 Å². The van der Waals surface area contributed by atoms with Gasteiger partial charge in [0.1, 0.15) is 17.3 Å². The number of rotatable bonds is 7. The number of ether oxygens (including phenoxy) is 2. The van der Waals surface area contributed by atoms with Crippen molar-refractivity contribution >= 4 is 29.0 Å². The Balaban J connectivity index is 1.50. The van der Waals surface area contributed by atoms with Crippen molar-refractivity contribution in [3.63, 3.8) is 0 Å². The van der Waals surface area contributed by atoms with E-state index >= 15 is 0 Å². The lowest BCUT2D eigenvalue weighted by molar-refractivity contribution is -0.141. The zero-order chi connectivity index (χ0) is 21.8. The van der Waals surface area contributed by atoms with Crippen molar-refractivity contribution in [3.8, 4) is 16.3 Å². The molecule has 0 atom stereocenters. The topological polar surface area (TPSA) is 65.3 Å². The first-order valence-electron chi connectivity index (χ1n) is 9.47. The van der Waals surface area contributed by atoms with Crippen LogP contribution in [0.4, 0.5) is 19.1 Å². The second-order valence-corrected chi connectivity index (χ2v) is 8.55. The van der Waals surface area contributed by atoms with Gasteiger partial charge in [-0.05, 0) is 12.1 Å². The van der Waals surface area contributed by atoms with Gasteiger partial charge in [0, 0.05) is 29.8 Å². The largest absolute Gasteiger partial charge is 0.497 e. The number of hydrogen-bond donors (Lipinski definition) is 0. The second kappa shape index (κ2) is 9.45. The summed E-state index contributed by atoms with van der Waals surface area (Å²) >= 11 is 2.67. The predicted octanol–water partition coefficient (Wildman–Crippen LogP) is 4.10. The Morgan fingerprint density at radius 2 is 2.03 bits per heavy atom. The first-order valence-corrected chi connectivity index (χ1v) is 11.3. The van der Waals surface area contributed by atoms with Crippen LogP contribution in [0.1, 0.15) is 5.69 Å². The molecule has 1 aliphatic heterocycles. The molecule has 0 saturated carbocycles. The van der Waals surface area contributed by atoms with Crippen LogP contribution in [0.15, 0.2) is 34.8 Å². The van der Waals surface area contributed by atoms with Crippen LogP contribution in [0.5, 0.6) is 5.75 Å². The van der Waals surface area contributed by atoms with Crippen molar-refractivity contribution in [1.29, 1.82) is 0 Å². The molecule has 0 unspecified atom stereocenters. The number of morpholine rings is 1. The van der Waals surface area contributed by atoms with Crippen molar-refractivity contribution in [1.82, 2.24) is 19.7 Å². The molecule has 12 heteroatoms. The van der Waals surface area contributed by atoms with E-state index in [9.17, 15) is 13.2 Å². The van der Waals surface area contributed by atoms with E-state index in [1.807, 2.05) is 29.6 Å². The highest BCUT2D eigenvalue weighted by molar-refractivity contribution is 7.98. The van der Waals surface area contributed by atoms with Crippen LogP contribution in [0.2, 0.25) is 0 Å². The highest BCUT2D eigenvalue weighted by atomic mass is 32.2. The fourth-order valence-corrected chi connectivity index (χ4v) is 4.85. The van der Waals surface area contributed by atoms with Gasteiger partial charge in [0.05, 0.1) is 26.0 Å². The number of halogens is 3. The van der Waals surface area contributed by atoms with E-state index < -0.39 is 12.7 Å². The van der Waals surface area contributed by atoms with E-state index in [2.05, 4.69) is 15.2 Å². The SMILES string of the molecule is COc1cccc(-c2nc(CSc3nnc(N4CCOCC4)n3CC(F)(F)F)cs2)c1. The van der Waals surface area contributed by atoms with Crippen LogP contribution in [-0.2, 0) is 17.0 Å². The summed E-state index contributed by atoms with van der Waals surface area (Å²) in [5.74, 6) is 1.34. The summed E-state index contributed by atoms with van der Waals surface area (Å²) in [5.41, 5.74) is 1.69. The first-order chi connectivity index (χ1) is 14.9. The first kappa shape index (κ1) is 21.9. The Morgan fingerprint density at radius 1 is 1.23 bits per heavy atom. The van der Waals surface area contributed by atoms with Crippen molar-refractivity contribution in [2.75, 3.05) is 38.3 Å². The third-order valence-corrected chi connectivity index (χ3v) is 6.49. The molecule has 0 bridgehead atoms. The predicted molar refractivity (Wildman–Crippen MR) is 113 cm³/mol. The summed E-state index contributed by atoms with van der Waals surface area (Å²) in [6.07, 6.45) is -4.38. The highest BCUT2D eigenvalue weighted by Crippen LogP contribution is 2.32. The molecular weight excluding hydrogens is 451 g/mol. The van der Waals surface area contributed by atoms with Crippen LogP contribution in [0, 0.1) is 0 Å². The van der Waals surface area contributed by atoms with E-state index in [0.717, 1.165) is 26.6 Å². The summed E-state index contributed by atoms with van der Waals surface area (Å²) in [7, 11) is 1.60. The zero-order valence-corrected chi connectivity index (χ0v) is 18.3. The molecule has 0 radical (unpaired) electrons. The van der Waals surface area contributed by atoms with E-state index in [4.69, 9.17) is 9.47 Å². The number of anilines is 1. The number of alkyl halides is 3. The van der Waals surface area contributed by atoms with Gasteiger partial charge in [-0.1, -0.05) is 23.9 Å². The Labute approximate surface area is 185 Å². The zero-order valence-electron chi connectivity index (χ0n) is 16.6. The van der Waals surface area contributed by atoms with E-state index in [1.54, 1.807) is 12.0 Å². The average Bonchev–Trinajstić information content (AvgIpc) is 3.39. The summed E-state index contributed by atoms with van der Waals surface area (Å²) in [4.78, 5) is 6.38. The van der Waals surface area contributed by atoms with Gasteiger partial charge in [0.2, 0.25) is 5.95 Å². The lowest BCUT2D eigenvalue weighted by Gasteiger charge is -2.28. The molecule has 3 aromatic rings. The lowest BCUT2D eigenvalue weighted by Crippen LogP contribution is -2.38. The molecule has 7 nitrogen and oxygen atoms in total. The minimum Gasteiger partial charge on any atom is -0.497 e. The third-order valence-electron chi connectivity index (χ3n) is 4.55. The second-order valence-electron chi connectivity index (χ2n) is 6.75. The maximum atomic E-state index is 13.2. The number of thioether (sulfide) groups is 1. The molecule has 1 aliphatic rings. The van der Waals surface area contributed by atoms with Gasteiger partial charge in [-0.25, -0.2) is 4.98 Å². The summed E-state index contributed by atoms with van der Waals surface area (Å²) in [6, 6.07) is 7.57. The summed E-state index contributed by atoms with van der Waals surface area (Å²) in [6.45, 7) is 0.731. The third kappa shape index (κ3) is 5.49. The molecule has 166 valence electrons. The summed E-state index contributed by atoms with van der Waals surface area (Å²) in [5, 5.41) is 11.0. The van der Waals surface area contributed by atoms with E-state index in [-0.39, 0.29) is 11.1 Å². The van der Waals surface area contributed by atoms with Crippen LogP contribution < -0.4 is 9.64 Å². The Morgan fingerprint density at radius 3 is 2.77 bits per heavy atom. The average molecular weight is 472 g/mol. The van der Waals surface area contributed by atoms with Crippen molar-refractivity contribution in [3.05, 3.63) is 35.3 Å². The molecule has 0 N–H and O–H groups in total. The molecule has 0 aliphatic carbocycles. The monoisotopic (exact) mass is 471 g/mol. The van der Waals surface area contributed by atoms with Gasteiger partial charge in [0.25, 0.3) is 0 Å². The van der Waals surface area contributed by atoms with Crippen molar-refractivity contribution in [2.45, 2.75) is 23.6 Å².